The summed E-state index contributed by atoms with van der Waals surface area (Å²) in [5.74, 6) is -0.462. The first-order valence-corrected chi connectivity index (χ1v) is 9.33. The fraction of sp³-hybridized carbons (Fsp3) is 0.450. The number of amides is 3. The lowest BCUT2D eigenvalue weighted by molar-refractivity contribution is -0.157. The Morgan fingerprint density at radius 1 is 1.39 bits per heavy atom. The third kappa shape index (κ3) is 5.56. The Morgan fingerprint density at radius 3 is 2.71 bits per heavy atom. The predicted octanol–water partition coefficient (Wildman–Crippen LogP) is 2.05. The third-order valence-corrected chi connectivity index (χ3v) is 4.65. The average molecular weight is 389 g/mol. The van der Waals surface area contributed by atoms with Crippen molar-refractivity contribution >= 4 is 23.9 Å². The van der Waals surface area contributed by atoms with Gasteiger partial charge in [0.2, 0.25) is 12.3 Å². The molecule has 0 saturated heterocycles. The van der Waals surface area contributed by atoms with E-state index in [9.17, 15) is 19.6 Å². The number of unbranched alkanes of at least 4 members (excludes halogenated alkanes) is 1. The number of benzene rings is 1. The monoisotopic (exact) mass is 389 g/mol. The number of rotatable bonds is 10. The average Bonchev–Trinajstić information content (AvgIpc) is 3.21. The molecule has 1 aliphatic heterocycles. The van der Waals surface area contributed by atoms with E-state index in [2.05, 4.69) is 5.32 Å². The summed E-state index contributed by atoms with van der Waals surface area (Å²) in [5, 5.41) is 12.8. The molecule has 152 valence electrons. The maximum Gasteiger partial charge on any atom is 0.251 e. The minimum Gasteiger partial charge on any atom is -0.497 e. The van der Waals surface area contributed by atoms with Crippen LogP contribution in [0.4, 0.5) is 5.69 Å². The van der Waals surface area contributed by atoms with Crippen molar-refractivity contribution in [3.8, 4) is 5.75 Å². The molecule has 0 unspecified atom stereocenters. The Kier molecular flexibility index (Phi) is 8.01. The van der Waals surface area contributed by atoms with Gasteiger partial charge in [-0.05, 0) is 30.7 Å². The fourth-order valence-corrected chi connectivity index (χ4v) is 3.11. The molecule has 0 bridgehead atoms. The van der Waals surface area contributed by atoms with Crippen LogP contribution in [0, 0.1) is 5.92 Å². The molecule has 2 atom stereocenters. The van der Waals surface area contributed by atoms with Gasteiger partial charge in [0.25, 0.3) is 5.91 Å². The van der Waals surface area contributed by atoms with Crippen molar-refractivity contribution in [3.63, 3.8) is 0 Å². The molecule has 0 aromatic heterocycles. The van der Waals surface area contributed by atoms with Gasteiger partial charge in [-0.2, -0.15) is 0 Å². The molecule has 2 rings (SSSR count). The SMILES string of the molecule is CCCC[C@H](CN(O)C=O)C(=O)N1CC=C[C@H]1C(=O)Nc1ccc(OC)cc1. The van der Waals surface area contributed by atoms with E-state index in [4.69, 9.17) is 4.74 Å². The van der Waals surface area contributed by atoms with Gasteiger partial charge in [-0.3, -0.25) is 19.6 Å². The van der Waals surface area contributed by atoms with Crippen molar-refractivity contribution < 1.29 is 24.3 Å². The highest BCUT2D eigenvalue weighted by Crippen LogP contribution is 2.21. The molecule has 0 spiro atoms. The number of nitrogens with zero attached hydrogens (tertiary/aromatic N) is 2. The van der Waals surface area contributed by atoms with Gasteiger partial charge in [0.05, 0.1) is 19.6 Å². The number of carbonyl (C=O) groups excluding carboxylic acids is 3. The van der Waals surface area contributed by atoms with Gasteiger partial charge in [0.15, 0.2) is 0 Å². The Labute approximate surface area is 164 Å². The van der Waals surface area contributed by atoms with Crippen molar-refractivity contribution in [3.05, 3.63) is 36.4 Å². The number of anilines is 1. The molecule has 0 fully saturated rings. The van der Waals surface area contributed by atoms with Crippen LogP contribution in [-0.2, 0) is 14.4 Å². The molecule has 8 nitrogen and oxygen atoms in total. The number of methoxy groups -OCH3 is 1. The zero-order valence-corrected chi connectivity index (χ0v) is 16.2. The molecule has 2 N–H and O–H groups in total. The van der Waals surface area contributed by atoms with E-state index in [0.29, 0.717) is 29.5 Å². The second-order valence-corrected chi connectivity index (χ2v) is 6.65. The minimum atomic E-state index is -0.734. The molecule has 28 heavy (non-hydrogen) atoms. The molecule has 0 aliphatic carbocycles. The molecule has 1 heterocycles. The number of hydroxylamine groups is 2. The smallest absolute Gasteiger partial charge is 0.251 e. The van der Waals surface area contributed by atoms with Gasteiger partial charge in [-0.1, -0.05) is 31.9 Å². The first-order valence-electron chi connectivity index (χ1n) is 9.33. The summed E-state index contributed by atoms with van der Waals surface area (Å²) in [6, 6.07) is 6.18. The zero-order chi connectivity index (χ0) is 20.5. The van der Waals surface area contributed by atoms with Gasteiger partial charge in [0, 0.05) is 12.2 Å². The van der Waals surface area contributed by atoms with Crippen LogP contribution < -0.4 is 10.1 Å². The number of ether oxygens (including phenoxy) is 1. The number of hydrogen-bond donors (Lipinski definition) is 2. The Bertz CT molecular complexity index is 704. The van der Waals surface area contributed by atoms with Gasteiger partial charge >= 0.3 is 0 Å². The lowest BCUT2D eigenvalue weighted by atomic mass is 9.99. The minimum absolute atomic E-state index is 0.0916. The zero-order valence-electron chi connectivity index (χ0n) is 16.2. The van der Waals surface area contributed by atoms with E-state index in [1.165, 1.54) is 4.90 Å². The van der Waals surface area contributed by atoms with Crippen molar-refractivity contribution in [2.75, 3.05) is 25.5 Å². The summed E-state index contributed by atoms with van der Waals surface area (Å²) in [5.41, 5.74) is 0.600. The van der Waals surface area contributed by atoms with Crippen molar-refractivity contribution in [1.29, 1.82) is 0 Å². The third-order valence-electron chi connectivity index (χ3n) is 4.65. The van der Waals surface area contributed by atoms with E-state index in [-0.39, 0.29) is 24.8 Å². The Hall–Kier alpha value is -2.87. The first-order chi connectivity index (χ1) is 13.5. The molecular formula is C20H27N3O5. The fourth-order valence-electron chi connectivity index (χ4n) is 3.11. The lowest BCUT2D eigenvalue weighted by Crippen LogP contribution is -2.47. The molecule has 1 aliphatic rings. The van der Waals surface area contributed by atoms with Gasteiger partial charge in [0.1, 0.15) is 11.8 Å². The molecular weight excluding hydrogens is 362 g/mol. The molecule has 8 heteroatoms. The quantitative estimate of drug-likeness (QED) is 0.276. The topological polar surface area (TPSA) is 99.2 Å². The van der Waals surface area contributed by atoms with E-state index in [1.807, 2.05) is 6.92 Å². The summed E-state index contributed by atoms with van der Waals surface area (Å²) in [6.45, 7) is 2.22. The highest BCUT2D eigenvalue weighted by molar-refractivity contribution is 5.99. The maximum atomic E-state index is 13.0. The normalized spacial score (nSPS) is 16.5. The maximum absolute atomic E-state index is 13.0. The van der Waals surface area contributed by atoms with Crippen LogP contribution in [0.15, 0.2) is 36.4 Å². The van der Waals surface area contributed by atoms with Crippen LogP contribution in [0.25, 0.3) is 0 Å². The molecule has 1 aromatic rings. The van der Waals surface area contributed by atoms with E-state index in [0.717, 1.165) is 12.8 Å². The van der Waals surface area contributed by atoms with Gasteiger partial charge in [-0.25, -0.2) is 5.06 Å². The van der Waals surface area contributed by atoms with Crippen LogP contribution in [0.5, 0.6) is 5.75 Å². The predicted molar refractivity (Wildman–Crippen MR) is 104 cm³/mol. The number of carbonyl (C=O) groups is 3. The highest BCUT2D eigenvalue weighted by Gasteiger charge is 2.34. The van der Waals surface area contributed by atoms with Crippen LogP contribution in [-0.4, -0.2) is 59.6 Å². The summed E-state index contributed by atoms with van der Waals surface area (Å²) in [6.07, 6.45) is 5.93. The summed E-state index contributed by atoms with van der Waals surface area (Å²) in [4.78, 5) is 37.9. The van der Waals surface area contributed by atoms with Crippen molar-refractivity contribution in [2.45, 2.75) is 32.2 Å². The van der Waals surface area contributed by atoms with Gasteiger partial charge < -0.3 is 15.0 Å². The van der Waals surface area contributed by atoms with Crippen molar-refractivity contribution in [2.24, 2.45) is 5.92 Å². The summed E-state index contributed by atoms with van der Waals surface area (Å²) >= 11 is 0. The number of nitrogens with one attached hydrogen (secondary N) is 1. The summed E-state index contributed by atoms with van der Waals surface area (Å²) in [7, 11) is 1.56. The molecule has 0 radical (unpaired) electrons. The summed E-state index contributed by atoms with van der Waals surface area (Å²) < 4.78 is 5.10. The number of hydrogen-bond acceptors (Lipinski definition) is 5. The lowest BCUT2D eigenvalue weighted by Gasteiger charge is -2.29. The first kappa shape index (κ1) is 21.4. The van der Waals surface area contributed by atoms with Crippen LogP contribution in [0.3, 0.4) is 0 Å². The molecule has 3 amide bonds. The Morgan fingerprint density at radius 2 is 2.11 bits per heavy atom. The molecule has 0 saturated carbocycles. The van der Waals surface area contributed by atoms with Crippen LogP contribution in [0.1, 0.15) is 26.2 Å². The highest BCUT2D eigenvalue weighted by atomic mass is 16.5. The molecule has 1 aromatic carbocycles. The largest absolute Gasteiger partial charge is 0.497 e. The van der Waals surface area contributed by atoms with E-state index < -0.39 is 12.0 Å². The second kappa shape index (κ2) is 10.5. The van der Waals surface area contributed by atoms with Crippen LogP contribution in [0.2, 0.25) is 0 Å². The second-order valence-electron chi connectivity index (χ2n) is 6.65. The van der Waals surface area contributed by atoms with Crippen molar-refractivity contribution in [1.82, 2.24) is 9.96 Å². The standard InChI is InChI=1S/C20H27N3O5/c1-3-4-6-15(13-22(27)14-24)20(26)23-12-5-7-18(23)19(25)21-16-8-10-17(28-2)11-9-16/h5,7-11,14-15,18,27H,3-4,6,12-13H2,1-2H3,(H,21,25)/t15-,18+/m1/s1. The van der Waals surface area contributed by atoms with E-state index >= 15 is 0 Å². The van der Waals surface area contributed by atoms with E-state index in [1.54, 1.807) is 43.5 Å². The van der Waals surface area contributed by atoms with Gasteiger partial charge in [-0.15, -0.1) is 0 Å². The van der Waals surface area contributed by atoms with Crippen LogP contribution >= 0.6 is 0 Å². The Balaban J connectivity index is 2.06.